The number of nitrogens with one attached hydrogen (secondary N) is 2. The molecule has 1 atom stereocenters. The van der Waals surface area contributed by atoms with E-state index in [0.717, 1.165) is 0 Å². The van der Waals surface area contributed by atoms with E-state index < -0.39 is 16.1 Å². The van der Waals surface area contributed by atoms with Crippen LogP contribution in [0.4, 0.5) is 0 Å². The van der Waals surface area contributed by atoms with Gasteiger partial charge in [0.2, 0.25) is 15.9 Å². The molecule has 0 aliphatic heterocycles. The van der Waals surface area contributed by atoms with Gasteiger partial charge < -0.3 is 14.8 Å². The molecule has 23 heavy (non-hydrogen) atoms. The molecule has 130 valence electrons. The molecule has 0 aliphatic rings. The van der Waals surface area contributed by atoms with Crippen molar-refractivity contribution < 1.29 is 22.7 Å². The molecule has 0 unspecified atom stereocenters. The van der Waals surface area contributed by atoms with Gasteiger partial charge in [-0.05, 0) is 39.8 Å². The van der Waals surface area contributed by atoms with Crippen LogP contribution < -0.4 is 19.5 Å². The van der Waals surface area contributed by atoms with Gasteiger partial charge >= 0.3 is 0 Å². The molecule has 1 amide bonds. The first-order valence-corrected chi connectivity index (χ1v) is 9.03. The van der Waals surface area contributed by atoms with Crippen LogP contribution in [-0.2, 0) is 14.8 Å². The Morgan fingerprint density at radius 1 is 1.13 bits per heavy atom. The van der Waals surface area contributed by atoms with Gasteiger partial charge in [0.25, 0.3) is 0 Å². The molecule has 1 rings (SSSR count). The number of amides is 1. The zero-order valence-corrected chi connectivity index (χ0v) is 14.7. The molecule has 1 aromatic rings. The Bertz CT molecular complexity index is 631. The zero-order valence-electron chi connectivity index (χ0n) is 13.9. The van der Waals surface area contributed by atoms with Crippen LogP contribution in [0.1, 0.15) is 27.7 Å². The van der Waals surface area contributed by atoms with Crippen molar-refractivity contribution in [3.63, 3.8) is 0 Å². The Morgan fingerprint density at radius 2 is 1.74 bits per heavy atom. The first-order chi connectivity index (χ1) is 10.9. The van der Waals surface area contributed by atoms with Gasteiger partial charge in [0.05, 0.1) is 24.2 Å². The first kappa shape index (κ1) is 19.2. The number of hydrogen-bond donors (Lipinski definition) is 2. The average molecular weight is 344 g/mol. The van der Waals surface area contributed by atoms with E-state index in [1.54, 1.807) is 19.9 Å². The summed E-state index contributed by atoms with van der Waals surface area (Å²) in [6, 6.07) is 3.48. The Hall–Kier alpha value is -1.80. The summed E-state index contributed by atoms with van der Waals surface area (Å²) >= 11 is 0. The molecule has 2 N–H and O–H groups in total. The fraction of sp³-hybridized carbons (Fsp3) is 0.533. The van der Waals surface area contributed by atoms with Crippen molar-refractivity contribution in [1.82, 2.24) is 10.0 Å². The molecule has 0 bridgehead atoms. The highest BCUT2D eigenvalue weighted by atomic mass is 32.2. The largest absolute Gasteiger partial charge is 0.490 e. The third kappa shape index (κ3) is 5.40. The fourth-order valence-corrected chi connectivity index (χ4v) is 3.10. The molecule has 0 saturated carbocycles. The highest BCUT2D eigenvalue weighted by Gasteiger charge is 2.23. The van der Waals surface area contributed by atoms with Gasteiger partial charge in [-0.25, -0.2) is 8.42 Å². The lowest BCUT2D eigenvalue weighted by molar-refractivity contribution is -0.122. The van der Waals surface area contributed by atoms with E-state index in [0.29, 0.717) is 31.3 Å². The topological polar surface area (TPSA) is 93.7 Å². The van der Waals surface area contributed by atoms with Crippen molar-refractivity contribution in [3.8, 4) is 11.5 Å². The summed E-state index contributed by atoms with van der Waals surface area (Å²) in [5.74, 6) is 0.444. The van der Waals surface area contributed by atoms with Crippen molar-refractivity contribution in [2.75, 3.05) is 19.8 Å². The zero-order chi connectivity index (χ0) is 17.5. The molecule has 0 saturated heterocycles. The van der Waals surface area contributed by atoms with Crippen LogP contribution in [0.5, 0.6) is 11.5 Å². The third-order valence-electron chi connectivity index (χ3n) is 2.90. The maximum Gasteiger partial charge on any atom is 0.241 e. The summed E-state index contributed by atoms with van der Waals surface area (Å²) in [5, 5.41) is 2.57. The smallest absolute Gasteiger partial charge is 0.241 e. The minimum atomic E-state index is -3.84. The van der Waals surface area contributed by atoms with Gasteiger partial charge in [-0.3, -0.25) is 4.79 Å². The van der Waals surface area contributed by atoms with Gasteiger partial charge in [0.1, 0.15) is 0 Å². The Balaban J connectivity index is 3.03. The molecule has 0 spiro atoms. The van der Waals surface area contributed by atoms with E-state index >= 15 is 0 Å². The van der Waals surface area contributed by atoms with Gasteiger partial charge in [0, 0.05) is 12.6 Å². The van der Waals surface area contributed by atoms with Crippen molar-refractivity contribution in [2.45, 2.75) is 38.6 Å². The van der Waals surface area contributed by atoms with Gasteiger partial charge in [-0.2, -0.15) is 4.72 Å². The molecule has 8 heteroatoms. The number of carbonyl (C=O) groups is 1. The van der Waals surface area contributed by atoms with Gasteiger partial charge in [-0.1, -0.05) is 0 Å². The van der Waals surface area contributed by atoms with Crippen LogP contribution in [0.2, 0.25) is 0 Å². The lowest BCUT2D eigenvalue weighted by atomic mass is 10.3. The maximum absolute atomic E-state index is 12.4. The normalized spacial score (nSPS) is 12.5. The Kier molecular flexibility index (Phi) is 7.31. The van der Waals surface area contributed by atoms with E-state index in [1.165, 1.54) is 19.1 Å². The number of sulfonamides is 1. The van der Waals surface area contributed by atoms with Crippen LogP contribution in [0, 0.1) is 0 Å². The number of rotatable bonds is 9. The molecular weight excluding hydrogens is 320 g/mol. The standard InChI is InChI=1S/C15H24N2O5S/c1-5-16-15(18)11(4)17-23(19,20)12-8-9-13(21-6-2)14(10-12)22-7-3/h8-11,17H,5-7H2,1-4H3,(H,16,18)/t11-/m1/s1. The number of hydrogen-bond acceptors (Lipinski definition) is 5. The molecule has 0 radical (unpaired) electrons. The Labute approximate surface area is 137 Å². The van der Waals surface area contributed by atoms with E-state index in [9.17, 15) is 13.2 Å². The maximum atomic E-state index is 12.4. The second-order valence-electron chi connectivity index (χ2n) is 4.71. The average Bonchev–Trinajstić information content (AvgIpc) is 2.49. The van der Waals surface area contributed by atoms with E-state index in [-0.39, 0.29) is 10.8 Å². The monoisotopic (exact) mass is 344 g/mol. The van der Waals surface area contributed by atoms with Crippen molar-refractivity contribution in [3.05, 3.63) is 18.2 Å². The number of ether oxygens (including phenoxy) is 2. The number of carbonyl (C=O) groups excluding carboxylic acids is 1. The van der Waals surface area contributed by atoms with E-state index in [2.05, 4.69) is 10.0 Å². The number of likely N-dealkylation sites (N-methyl/N-ethyl adjacent to an activating group) is 1. The fourth-order valence-electron chi connectivity index (χ4n) is 1.88. The van der Waals surface area contributed by atoms with Crippen LogP contribution in [-0.4, -0.2) is 40.1 Å². The first-order valence-electron chi connectivity index (χ1n) is 7.55. The highest BCUT2D eigenvalue weighted by molar-refractivity contribution is 7.89. The summed E-state index contributed by atoms with van der Waals surface area (Å²) in [6.45, 7) is 8.14. The van der Waals surface area contributed by atoms with Gasteiger partial charge in [0.15, 0.2) is 11.5 Å². The van der Waals surface area contributed by atoms with Crippen LogP contribution in [0.15, 0.2) is 23.1 Å². The lowest BCUT2D eigenvalue weighted by Gasteiger charge is -2.16. The molecule has 1 aromatic carbocycles. The summed E-state index contributed by atoms with van der Waals surface area (Å²) in [4.78, 5) is 11.7. The third-order valence-corrected chi connectivity index (χ3v) is 4.44. The summed E-state index contributed by atoms with van der Waals surface area (Å²) in [7, 11) is -3.84. The second-order valence-corrected chi connectivity index (χ2v) is 6.43. The minimum Gasteiger partial charge on any atom is -0.490 e. The number of benzene rings is 1. The molecule has 7 nitrogen and oxygen atoms in total. The lowest BCUT2D eigenvalue weighted by Crippen LogP contribution is -2.44. The van der Waals surface area contributed by atoms with Crippen molar-refractivity contribution in [2.24, 2.45) is 0 Å². The summed E-state index contributed by atoms with van der Waals surface area (Å²) in [6.07, 6.45) is 0. The van der Waals surface area contributed by atoms with Crippen LogP contribution in [0.3, 0.4) is 0 Å². The quantitative estimate of drug-likeness (QED) is 0.704. The second kappa shape index (κ2) is 8.73. The molecule has 0 heterocycles. The van der Waals surface area contributed by atoms with Crippen LogP contribution >= 0.6 is 0 Å². The molecular formula is C15H24N2O5S. The van der Waals surface area contributed by atoms with Gasteiger partial charge in [-0.15, -0.1) is 0 Å². The van der Waals surface area contributed by atoms with E-state index in [1.807, 2.05) is 6.92 Å². The Morgan fingerprint density at radius 3 is 2.30 bits per heavy atom. The predicted molar refractivity (Wildman–Crippen MR) is 87.2 cm³/mol. The van der Waals surface area contributed by atoms with Crippen molar-refractivity contribution in [1.29, 1.82) is 0 Å². The summed E-state index contributed by atoms with van der Waals surface area (Å²) in [5.41, 5.74) is 0. The van der Waals surface area contributed by atoms with Crippen LogP contribution in [0.25, 0.3) is 0 Å². The molecule has 0 aliphatic carbocycles. The van der Waals surface area contributed by atoms with E-state index in [4.69, 9.17) is 9.47 Å². The SMILES string of the molecule is CCNC(=O)[C@@H](C)NS(=O)(=O)c1ccc(OCC)c(OCC)c1. The molecule has 0 fully saturated rings. The predicted octanol–water partition coefficient (Wildman–Crippen LogP) is 1.29. The van der Waals surface area contributed by atoms with Crippen molar-refractivity contribution >= 4 is 15.9 Å². The highest BCUT2D eigenvalue weighted by Crippen LogP contribution is 2.30. The molecule has 0 aromatic heterocycles. The minimum absolute atomic E-state index is 0.0144. The summed E-state index contributed by atoms with van der Waals surface area (Å²) < 4.78 is 37.9.